The minimum atomic E-state index is -0.897. The second-order valence-corrected chi connectivity index (χ2v) is 6.44. The maximum atomic E-state index is 11.8. The van der Waals surface area contributed by atoms with Gasteiger partial charge >= 0.3 is 5.97 Å². The van der Waals surface area contributed by atoms with Crippen molar-refractivity contribution < 1.29 is 14.7 Å². The van der Waals surface area contributed by atoms with Gasteiger partial charge in [-0.1, -0.05) is 29.8 Å². The molecule has 0 saturated heterocycles. The fraction of sp³-hybridized carbons (Fsp3) is 0.353. The van der Waals surface area contributed by atoms with Crippen LogP contribution < -0.4 is 5.32 Å². The number of hydrogen-bond donors (Lipinski definition) is 2. The summed E-state index contributed by atoms with van der Waals surface area (Å²) in [5.41, 5.74) is 2.06. The third-order valence-corrected chi connectivity index (χ3v) is 4.35. The molecule has 2 N–H and O–H groups in total. The van der Waals surface area contributed by atoms with Gasteiger partial charge in [0.05, 0.1) is 10.9 Å². The lowest BCUT2D eigenvalue weighted by Crippen LogP contribution is -2.34. The molecule has 1 amide bonds. The molecule has 2 rings (SSSR count). The Kier molecular flexibility index (Phi) is 6.29. The highest BCUT2D eigenvalue weighted by atomic mass is 32.1. The van der Waals surface area contributed by atoms with E-state index in [1.807, 2.05) is 36.6 Å². The number of aryl methyl sites for hydroxylation is 2. The molecule has 2 aromatic rings. The Labute approximate surface area is 139 Å². The molecule has 23 heavy (non-hydrogen) atoms. The van der Waals surface area contributed by atoms with E-state index in [0.29, 0.717) is 19.3 Å². The number of carbonyl (C=O) groups excluding carboxylic acids is 1. The average Bonchev–Trinajstić information content (AvgIpc) is 3.02. The van der Waals surface area contributed by atoms with Crippen molar-refractivity contribution in [3.8, 4) is 0 Å². The Bertz CT molecular complexity index is 656. The number of rotatable bonds is 8. The number of nitrogens with zero attached hydrogens (tertiary/aromatic N) is 1. The topological polar surface area (TPSA) is 79.3 Å². The van der Waals surface area contributed by atoms with Crippen LogP contribution >= 0.6 is 11.3 Å². The molecule has 0 bridgehead atoms. The Balaban J connectivity index is 1.82. The fourth-order valence-electron chi connectivity index (χ4n) is 2.29. The molecule has 1 aromatic heterocycles. The number of hydrogen-bond acceptors (Lipinski definition) is 4. The summed E-state index contributed by atoms with van der Waals surface area (Å²) in [4.78, 5) is 27.4. The van der Waals surface area contributed by atoms with Gasteiger partial charge in [0.15, 0.2) is 0 Å². The van der Waals surface area contributed by atoms with Crippen LogP contribution in [-0.2, 0) is 22.4 Å². The highest BCUT2D eigenvalue weighted by Gasteiger charge is 2.19. The van der Waals surface area contributed by atoms with E-state index in [1.165, 1.54) is 11.3 Å². The molecule has 6 heteroatoms. The van der Waals surface area contributed by atoms with Gasteiger partial charge in [0, 0.05) is 31.0 Å². The number of carboxylic acid groups (broad SMARTS) is 1. The van der Waals surface area contributed by atoms with E-state index in [0.717, 1.165) is 16.1 Å². The molecule has 0 aliphatic rings. The van der Waals surface area contributed by atoms with E-state index in [9.17, 15) is 14.7 Å². The van der Waals surface area contributed by atoms with Gasteiger partial charge in [0.1, 0.15) is 0 Å². The molecule has 1 unspecified atom stereocenters. The van der Waals surface area contributed by atoms with Crippen LogP contribution in [0.1, 0.15) is 22.6 Å². The minimum Gasteiger partial charge on any atom is -0.481 e. The van der Waals surface area contributed by atoms with Gasteiger partial charge in [-0.25, -0.2) is 4.98 Å². The van der Waals surface area contributed by atoms with Crippen molar-refractivity contribution in [1.82, 2.24) is 10.3 Å². The van der Waals surface area contributed by atoms with Crippen LogP contribution in [0.2, 0.25) is 0 Å². The Morgan fingerprint density at radius 3 is 2.87 bits per heavy atom. The van der Waals surface area contributed by atoms with E-state index in [2.05, 4.69) is 10.3 Å². The summed E-state index contributed by atoms with van der Waals surface area (Å²) in [5, 5.41) is 14.8. The molecule has 1 heterocycles. The number of aliphatic carboxylic acids is 1. The summed E-state index contributed by atoms with van der Waals surface area (Å²) >= 11 is 1.51. The van der Waals surface area contributed by atoms with Crippen LogP contribution in [0.4, 0.5) is 0 Å². The summed E-state index contributed by atoms with van der Waals surface area (Å²) in [5.74, 6) is -1.66. The van der Waals surface area contributed by atoms with Crippen molar-refractivity contribution in [2.24, 2.45) is 5.92 Å². The number of benzene rings is 1. The molecule has 0 fully saturated rings. The lowest BCUT2D eigenvalue weighted by Gasteiger charge is -2.14. The molecular formula is C17H20N2O3S. The molecule has 5 nitrogen and oxygen atoms in total. The number of carboxylic acids is 1. The van der Waals surface area contributed by atoms with Gasteiger partial charge in [-0.2, -0.15) is 0 Å². The molecule has 1 aromatic carbocycles. The first-order valence-corrected chi connectivity index (χ1v) is 8.36. The standard InChI is InChI=1S/C17H20N2O3S/c1-12-3-2-4-13(9-12)10-14(17(21)22)11-19-15(20)5-6-16-18-7-8-23-16/h2-4,7-9,14H,5-6,10-11H2,1H3,(H,19,20)(H,21,22). The number of nitrogens with one attached hydrogen (secondary N) is 1. The monoisotopic (exact) mass is 332 g/mol. The SMILES string of the molecule is Cc1cccc(CC(CNC(=O)CCc2nccs2)C(=O)O)c1. The normalized spacial score (nSPS) is 11.9. The van der Waals surface area contributed by atoms with E-state index < -0.39 is 11.9 Å². The third-order valence-electron chi connectivity index (χ3n) is 3.51. The highest BCUT2D eigenvalue weighted by molar-refractivity contribution is 7.09. The lowest BCUT2D eigenvalue weighted by atomic mass is 9.98. The van der Waals surface area contributed by atoms with Gasteiger partial charge < -0.3 is 10.4 Å². The summed E-state index contributed by atoms with van der Waals surface area (Å²) in [7, 11) is 0. The van der Waals surface area contributed by atoms with Crippen molar-refractivity contribution in [2.45, 2.75) is 26.2 Å². The van der Waals surface area contributed by atoms with Crippen LogP contribution in [0.15, 0.2) is 35.8 Å². The van der Waals surface area contributed by atoms with Crippen molar-refractivity contribution in [1.29, 1.82) is 0 Å². The Morgan fingerprint density at radius 1 is 1.39 bits per heavy atom. The van der Waals surface area contributed by atoms with Gasteiger partial charge in [0.25, 0.3) is 0 Å². The van der Waals surface area contributed by atoms with E-state index >= 15 is 0 Å². The van der Waals surface area contributed by atoms with Gasteiger partial charge in [0.2, 0.25) is 5.91 Å². The first-order chi connectivity index (χ1) is 11.0. The van der Waals surface area contributed by atoms with E-state index in [-0.39, 0.29) is 12.5 Å². The second-order valence-electron chi connectivity index (χ2n) is 5.46. The maximum absolute atomic E-state index is 11.8. The molecule has 0 saturated carbocycles. The van der Waals surface area contributed by atoms with Crippen LogP contribution in [0.25, 0.3) is 0 Å². The van der Waals surface area contributed by atoms with Gasteiger partial charge in [-0.3, -0.25) is 9.59 Å². The summed E-state index contributed by atoms with van der Waals surface area (Å²) < 4.78 is 0. The smallest absolute Gasteiger partial charge is 0.308 e. The zero-order valence-electron chi connectivity index (χ0n) is 13.0. The zero-order valence-corrected chi connectivity index (χ0v) is 13.8. The first-order valence-electron chi connectivity index (χ1n) is 7.48. The predicted molar refractivity (Wildman–Crippen MR) is 89.5 cm³/mol. The van der Waals surface area contributed by atoms with Crippen molar-refractivity contribution in [2.75, 3.05) is 6.54 Å². The van der Waals surface area contributed by atoms with Crippen LogP contribution in [-0.4, -0.2) is 28.5 Å². The average molecular weight is 332 g/mol. The zero-order chi connectivity index (χ0) is 16.7. The molecule has 0 aliphatic carbocycles. The van der Waals surface area contributed by atoms with Crippen molar-refractivity contribution in [3.63, 3.8) is 0 Å². The summed E-state index contributed by atoms with van der Waals surface area (Å²) in [6.07, 6.45) is 3.02. The number of aromatic nitrogens is 1. The Hall–Kier alpha value is -2.21. The van der Waals surface area contributed by atoms with Gasteiger partial charge in [-0.15, -0.1) is 11.3 Å². The number of amides is 1. The molecule has 1 atom stereocenters. The number of thiazole rings is 1. The fourth-order valence-corrected chi connectivity index (χ4v) is 2.91. The van der Waals surface area contributed by atoms with Crippen LogP contribution in [0, 0.1) is 12.8 Å². The quantitative estimate of drug-likeness (QED) is 0.778. The maximum Gasteiger partial charge on any atom is 0.308 e. The molecular weight excluding hydrogens is 312 g/mol. The molecule has 122 valence electrons. The largest absolute Gasteiger partial charge is 0.481 e. The Morgan fingerprint density at radius 2 is 2.22 bits per heavy atom. The highest BCUT2D eigenvalue weighted by Crippen LogP contribution is 2.11. The second kappa shape index (κ2) is 8.43. The lowest BCUT2D eigenvalue weighted by molar-refractivity contribution is -0.141. The first kappa shape index (κ1) is 17.1. The van der Waals surface area contributed by atoms with E-state index in [4.69, 9.17) is 0 Å². The van der Waals surface area contributed by atoms with Crippen LogP contribution in [0.3, 0.4) is 0 Å². The van der Waals surface area contributed by atoms with Crippen LogP contribution in [0.5, 0.6) is 0 Å². The summed E-state index contributed by atoms with van der Waals surface area (Å²) in [6.45, 7) is 2.11. The van der Waals surface area contributed by atoms with Crippen molar-refractivity contribution in [3.05, 3.63) is 52.0 Å². The third kappa shape index (κ3) is 5.83. The molecule has 0 spiro atoms. The molecule has 0 aliphatic heterocycles. The van der Waals surface area contributed by atoms with Gasteiger partial charge in [-0.05, 0) is 18.9 Å². The summed E-state index contributed by atoms with van der Waals surface area (Å²) in [6, 6.07) is 7.77. The van der Waals surface area contributed by atoms with E-state index in [1.54, 1.807) is 6.20 Å². The predicted octanol–water partition coefficient (Wildman–Crippen LogP) is 2.44. The minimum absolute atomic E-state index is 0.139. The molecule has 0 radical (unpaired) electrons. The number of carbonyl (C=O) groups is 2. The van der Waals surface area contributed by atoms with Crippen molar-refractivity contribution >= 4 is 23.2 Å².